The number of rotatable bonds is 5. The first-order valence-electron chi connectivity index (χ1n) is 5.18. The Balaban J connectivity index is 2.19. The van der Waals surface area contributed by atoms with Crippen molar-refractivity contribution in [2.24, 2.45) is 0 Å². The zero-order valence-corrected chi connectivity index (χ0v) is 10.5. The average Bonchev–Trinajstić information content (AvgIpc) is 2.84. The van der Waals surface area contributed by atoms with Crippen molar-refractivity contribution in [3.05, 3.63) is 5.82 Å². The molecule has 0 aromatic carbocycles. The van der Waals surface area contributed by atoms with Gasteiger partial charge in [0.2, 0.25) is 9.05 Å². The highest BCUT2D eigenvalue weighted by atomic mass is 35.7. The predicted molar refractivity (Wildman–Crippen MR) is 58.5 cm³/mol. The van der Waals surface area contributed by atoms with E-state index in [9.17, 15) is 8.42 Å². The molecule has 0 amide bonds. The van der Waals surface area contributed by atoms with Crippen LogP contribution in [0.2, 0.25) is 0 Å². The Morgan fingerprint density at radius 1 is 1.50 bits per heavy atom. The molecule has 6 nitrogen and oxygen atoms in total. The summed E-state index contributed by atoms with van der Waals surface area (Å²) in [5.74, 6) is 0.601. The molecule has 0 saturated heterocycles. The largest absolute Gasteiger partial charge is 0.238 e. The number of tetrazole rings is 1. The van der Waals surface area contributed by atoms with Gasteiger partial charge in [0.15, 0.2) is 5.82 Å². The van der Waals surface area contributed by atoms with E-state index in [0.29, 0.717) is 31.6 Å². The van der Waals surface area contributed by atoms with E-state index in [2.05, 4.69) is 15.5 Å². The third kappa shape index (κ3) is 2.06. The van der Waals surface area contributed by atoms with Crippen LogP contribution in [0.3, 0.4) is 0 Å². The summed E-state index contributed by atoms with van der Waals surface area (Å²) in [7, 11) is 1.89. The number of halogens is 1. The molecule has 1 heterocycles. The summed E-state index contributed by atoms with van der Waals surface area (Å²) < 4.78 is 23.6. The second-order valence-electron chi connectivity index (χ2n) is 4.12. The molecule has 0 atom stereocenters. The van der Waals surface area contributed by atoms with Crippen LogP contribution in [0.15, 0.2) is 0 Å². The zero-order chi connectivity index (χ0) is 11.8. The molecule has 8 heteroatoms. The number of aryl methyl sites for hydroxylation is 1. The van der Waals surface area contributed by atoms with Gasteiger partial charge in [-0.3, -0.25) is 0 Å². The maximum Gasteiger partial charge on any atom is 0.238 e. The van der Waals surface area contributed by atoms with Gasteiger partial charge < -0.3 is 0 Å². The van der Waals surface area contributed by atoms with Crippen molar-refractivity contribution in [2.75, 3.05) is 0 Å². The maximum absolute atomic E-state index is 11.4. The molecule has 0 unspecified atom stereocenters. The quantitative estimate of drug-likeness (QED) is 0.733. The van der Waals surface area contributed by atoms with Crippen molar-refractivity contribution < 1.29 is 8.42 Å². The van der Waals surface area contributed by atoms with Gasteiger partial charge in [-0.05, 0) is 29.7 Å². The molecular formula is C8H13ClN4O2S. The van der Waals surface area contributed by atoms with Gasteiger partial charge in [0, 0.05) is 23.6 Å². The third-order valence-electron chi connectivity index (χ3n) is 2.85. The first-order valence-corrected chi connectivity index (χ1v) is 7.49. The van der Waals surface area contributed by atoms with Crippen molar-refractivity contribution >= 4 is 19.7 Å². The summed E-state index contributed by atoms with van der Waals surface area (Å²) in [6.07, 6.45) is 2.40. The zero-order valence-electron chi connectivity index (χ0n) is 8.93. The van der Waals surface area contributed by atoms with E-state index in [0.717, 1.165) is 6.42 Å². The molecule has 1 aromatic heterocycles. The Labute approximate surface area is 98.4 Å². The second kappa shape index (κ2) is 3.96. The number of hydrogen-bond donors (Lipinski definition) is 0. The molecule has 16 heavy (non-hydrogen) atoms. The van der Waals surface area contributed by atoms with Crippen molar-refractivity contribution in [3.8, 4) is 0 Å². The Hall–Kier alpha value is -0.690. The second-order valence-corrected chi connectivity index (χ2v) is 7.08. The molecule has 0 spiro atoms. The summed E-state index contributed by atoms with van der Waals surface area (Å²) in [6.45, 7) is 2.71. The fourth-order valence-electron chi connectivity index (χ4n) is 1.67. The lowest BCUT2D eigenvalue weighted by atomic mass is 10.2. The molecule has 1 fully saturated rings. The lowest BCUT2D eigenvalue weighted by Crippen LogP contribution is -2.23. The van der Waals surface area contributed by atoms with E-state index in [4.69, 9.17) is 10.7 Å². The monoisotopic (exact) mass is 264 g/mol. The number of aromatic nitrogens is 4. The normalized spacial score (nSPS) is 18.6. The van der Waals surface area contributed by atoms with E-state index >= 15 is 0 Å². The smallest absolute Gasteiger partial charge is 0.230 e. The van der Waals surface area contributed by atoms with E-state index in [1.807, 2.05) is 6.92 Å². The highest BCUT2D eigenvalue weighted by molar-refractivity contribution is 8.15. The standard InChI is InChI=1S/C8H13ClN4O2S/c1-2-5-13-7(10-11-12-13)6-8(3-4-8)16(9,14)15/h2-6H2,1H3. The summed E-state index contributed by atoms with van der Waals surface area (Å²) in [4.78, 5) is 0. The van der Waals surface area contributed by atoms with Crippen LogP contribution in [0.1, 0.15) is 32.0 Å². The Morgan fingerprint density at radius 3 is 2.69 bits per heavy atom. The van der Waals surface area contributed by atoms with Crippen LogP contribution in [-0.4, -0.2) is 33.4 Å². The molecule has 90 valence electrons. The third-order valence-corrected chi connectivity index (χ3v) is 5.42. The SMILES string of the molecule is CCCn1nnnc1CC1(S(=O)(=O)Cl)CC1. The number of hydrogen-bond acceptors (Lipinski definition) is 5. The van der Waals surface area contributed by atoms with Crippen LogP contribution in [0, 0.1) is 0 Å². The van der Waals surface area contributed by atoms with E-state index in [1.54, 1.807) is 4.68 Å². The topological polar surface area (TPSA) is 77.7 Å². The van der Waals surface area contributed by atoms with Crippen LogP contribution >= 0.6 is 10.7 Å². The molecule has 2 rings (SSSR count). The lowest BCUT2D eigenvalue weighted by Gasteiger charge is -2.10. The Kier molecular flexibility index (Phi) is 2.91. The molecule has 0 N–H and O–H groups in total. The fourth-order valence-corrected chi connectivity index (χ4v) is 3.19. The van der Waals surface area contributed by atoms with Crippen molar-refractivity contribution in [2.45, 2.75) is 43.9 Å². The van der Waals surface area contributed by atoms with Gasteiger partial charge in [-0.1, -0.05) is 6.92 Å². The van der Waals surface area contributed by atoms with Crippen molar-refractivity contribution in [1.29, 1.82) is 0 Å². The van der Waals surface area contributed by atoms with Crippen LogP contribution in [0.5, 0.6) is 0 Å². The minimum absolute atomic E-state index is 0.311. The minimum Gasteiger partial charge on any atom is -0.230 e. The molecule has 1 aliphatic rings. The van der Waals surface area contributed by atoms with Crippen molar-refractivity contribution in [1.82, 2.24) is 20.2 Å². The molecule has 0 bridgehead atoms. The maximum atomic E-state index is 11.4. The van der Waals surface area contributed by atoms with Gasteiger partial charge in [0.1, 0.15) is 0 Å². The van der Waals surface area contributed by atoms with Gasteiger partial charge in [0.05, 0.1) is 4.75 Å². The first-order chi connectivity index (χ1) is 7.48. The highest BCUT2D eigenvalue weighted by Gasteiger charge is 2.54. The highest BCUT2D eigenvalue weighted by Crippen LogP contribution is 2.47. The molecule has 0 radical (unpaired) electrons. The van der Waals surface area contributed by atoms with E-state index in [1.165, 1.54) is 0 Å². The van der Waals surface area contributed by atoms with E-state index < -0.39 is 13.8 Å². The molecule has 0 aliphatic heterocycles. The van der Waals surface area contributed by atoms with Gasteiger partial charge >= 0.3 is 0 Å². The fraction of sp³-hybridized carbons (Fsp3) is 0.875. The average molecular weight is 265 g/mol. The molecule has 1 aromatic rings. The summed E-state index contributed by atoms with van der Waals surface area (Å²) in [5, 5.41) is 11.2. The summed E-state index contributed by atoms with van der Waals surface area (Å²) in [6, 6.07) is 0. The molecule has 1 saturated carbocycles. The van der Waals surface area contributed by atoms with Gasteiger partial charge in [-0.2, -0.15) is 0 Å². The van der Waals surface area contributed by atoms with Gasteiger partial charge in [0.25, 0.3) is 0 Å². The number of nitrogens with zero attached hydrogens (tertiary/aromatic N) is 4. The van der Waals surface area contributed by atoms with Crippen molar-refractivity contribution in [3.63, 3.8) is 0 Å². The Bertz CT molecular complexity index is 480. The van der Waals surface area contributed by atoms with E-state index in [-0.39, 0.29) is 0 Å². The lowest BCUT2D eigenvalue weighted by molar-refractivity contribution is 0.541. The van der Waals surface area contributed by atoms with Crippen LogP contribution in [0.25, 0.3) is 0 Å². The minimum atomic E-state index is -3.54. The van der Waals surface area contributed by atoms with Crippen LogP contribution in [-0.2, 0) is 22.0 Å². The van der Waals surface area contributed by atoms with Crippen LogP contribution in [0.4, 0.5) is 0 Å². The summed E-state index contributed by atoms with van der Waals surface area (Å²) >= 11 is 0. The van der Waals surface area contributed by atoms with Gasteiger partial charge in [-0.15, -0.1) is 5.10 Å². The predicted octanol–water partition coefficient (Wildman–Crippen LogP) is 0.727. The Morgan fingerprint density at radius 2 is 2.19 bits per heavy atom. The van der Waals surface area contributed by atoms with Crippen LogP contribution < -0.4 is 0 Å². The van der Waals surface area contributed by atoms with Gasteiger partial charge in [-0.25, -0.2) is 13.1 Å². The summed E-state index contributed by atoms with van der Waals surface area (Å²) in [5.41, 5.74) is 0. The molecular weight excluding hydrogens is 252 g/mol. The first kappa shape index (κ1) is 11.8. The molecule has 1 aliphatic carbocycles.